The van der Waals surface area contributed by atoms with Crippen molar-refractivity contribution < 1.29 is 0 Å². The first-order chi connectivity index (χ1) is 15.8. The van der Waals surface area contributed by atoms with Gasteiger partial charge in [0.05, 0.1) is 0 Å². The third-order valence-corrected chi connectivity index (χ3v) is 9.06. The Morgan fingerprint density at radius 2 is 0.875 bits per heavy atom. The lowest BCUT2D eigenvalue weighted by molar-refractivity contribution is 0.208. The van der Waals surface area contributed by atoms with Crippen LogP contribution in [0.15, 0.2) is 24.3 Å². The Hall–Kier alpha value is -0.780. The van der Waals surface area contributed by atoms with Gasteiger partial charge in [0, 0.05) is 0 Å². The molecule has 0 radical (unpaired) electrons. The fraction of sp³-hybridized carbons (Fsp3) is 0.812. The van der Waals surface area contributed by atoms with Crippen molar-refractivity contribution in [2.75, 3.05) is 0 Å². The van der Waals surface area contributed by atoms with Gasteiger partial charge in [-0.15, -0.1) is 0 Å². The maximum Gasteiger partial charge on any atom is -0.0276 e. The van der Waals surface area contributed by atoms with Gasteiger partial charge >= 0.3 is 0 Å². The van der Waals surface area contributed by atoms with Gasteiger partial charge in [0.25, 0.3) is 0 Å². The van der Waals surface area contributed by atoms with Crippen LogP contribution < -0.4 is 0 Å². The van der Waals surface area contributed by atoms with Crippen molar-refractivity contribution in [1.82, 2.24) is 0 Å². The van der Waals surface area contributed by atoms with Crippen LogP contribution in [0.4, 0.5) is 0 Å². The van der Waals surface area contributed by atoms with Crippen molar-refractivity contribution in [3.63, 3.8) is 0 Å². The van der Waals surface area contributed by atoms with Gasteiger partial charge < -0.3 is 0 Å². The van der Waals surface area contributed by atoms with E-state index >= 15 is 0 Å². The summed E-state index contributed by atoms with van der Waals surface area (Å²) in [5, 5.41) is 0. The summed E-state index contributed by atoms with van der Waals surface area (Å²) in [5.41, 5.74) is 3.10. The Kier molecular flexibility index (Phi) is 12.3. The molecule has 0 nitrogen and oxygen atoms in total. The second kappa shape index (κ2) is 15.2. The van der Waals surface area contributed by atoms with Crippen molar-refractivity contribution in [2.45, 2.75) is 142 Å². The average molecular weight is 439 g/mol. The normalized spacial score (nSPS) is 26.3. The van der Waals surface area contributed by atoms with Gasteiger partial charge in [-0.25, -0.2) is 0 Å². The highest BCUT2D eigenvalue weighted by atomic mass is 14.3. The van der Waals surface area contributed by atoms with Crippen molar-refractivity contribution in [3.8, 4) is 0 Å². The van der Waals surface area contributed by atoms with Gasteiger partial charge in [0.2, 0.25) is 0 Å². The van der Waals surface area contributed by atoms with E-state index in [4.69, 9.17) is 0 Å². The molecule has 0 heteroatoms. The van der Waals surface area contributed by atoms with Crippen LogP contribution in [0.25, 0.3) is 0 Å². The molecule has 0 unspecified atom stereocenters. The summed E-state index contributed by atoms with van der Waals surface area (Å²) in [4.78, 5) is 0. The van der Waals surface area contributed by atoms with Crippen LogP contribution in [0.3, 0.4) is 0 Å². The summed E-state index contributed by atoms with van der Waals surface area (Å²) in [6.07, 6.45) is 29.2. The molecule has 1 aromatic carbocycles. The topological polar surface area (TPSA) is 0 Å². The monoisotopic (exact) mass is 438 g/mol. The lowest BCUT2D eigenvalue weighted by Crippen LogP contribution is -2.18. The highest BCUT2D eigenvalue weighted by Crippen LogP contribution is 2.38. The van der Waals surface area contributed by atoms with E-state index in [0.29, 0.717) is 0 Å². The molecule has 2 fully saturated rings. The molecule has 0 aromatic heterocycles. The van der Waals surface area contributed by atoms with E-state index in [-0.39, 0.29) is 0 Å². The molecule has 0 amide bonds. The molecule has 0 spiro atoms. The number of hydrogen-bond donors (Lipinski definition) is 0. The standard InChI is InChI=1S/C32H54/c1-3-5-7-9-27-11-15-29(16-12-27)19-21-31-23-25-32(26-24-31)22-20-30-17-13-28(14-18-30)10-8-6-4-2/h11-12,15-16,28,30-32H,3-10,13-14,17-26H2,1-2H3/t28-,30-,31-,32-. The summed E-state index contributed by atoms with van der Waals surface area (Å²) >= 11 is 0. The molecule has 182 valence electrons. The van der Waals surface area contributed by atoms with Gasteiger partial charge in [-0.2, -0.15) is 0 Å². The van der Waals surface area contributed by atoms with Crippen molar-refractivity contribution in [2.24, 2.45) is 23.7 Å². The Labute approximate surface area is 201 Å². The van der Waals surface area contributed by atoms with Gasteiger partial charge in [0.1, 0.15) is 0 Å². The summed E-state index contributed by atoms with van der Waals surface area (Å²) in [7, 11) is 0. The van der Waals surface area contributed by atoms with E-state index in [1.807, 2.05) is 0 Å². The molecule has 0 saturated heterocycles. The molecule has 2 saturated carbocycles. The quantitative estimate of drug-likeness (QED) is 0.253. The molecular weight excluding hydrogens is 384 g/mol. The largest absolute Gasteiger partial charge is 0.0654 e. The Morgan fingerprint density at radius 3 is 1.38 bits per heavy atom. The van der Waals surface area contributed by atoms with Crippen LogP contribution in [0.2, 0.25) is 0 Å². The molecule has 2 aliphatic carbocycles. The zero-order valence-corrected chi connectivity index (χ0v) is 21.8. The van der Waals surface area contributed by atoms with Crippen molar-refractivity contribution in [1.29, 1.82) is 0 Å². The molecule has 0 aliphatic heterocycles. The Bertz CT molecular complexity index is 569. The van der Waals surface area contributed by atoms with Crippen LogP contribution in [0, 0.1) is 23.7 Å². The fourth-order valence-electron chi connectivity index (χ4n) is 6.59. The van der Waals surface area contributed by atoms with E-state index in [0.717, 1.165) is 23.7 Å². The highest BCUT2D eigenvalue weighted by molar-refractivity contribution is 5.22. The van der Waals surface area contributed by atoms with E-state index in [1.165, 1.54) is 102 Å². The SMILES string of the molecule is CCCCCc1ccc(CC[C@H]2CC[C@H](CC[C@H]3CC[C@H](CCCCC)CC3)CC2)cc1. The highest BCUT2D eigenvalue weighted by Gasteiger charge is 2.24. The molecule has 32 heavy (non-hydrogen) atoms. The molecule has 0 bridgehead atoms. The number of rotatable bonds is 14. The van der Waals surface area contributed by atoms with Gasteiger partial charge in [-0.05, 0) is 60.5 Å². The average Bonchev–Trinajstić information content (AvgIpc) is 2.84. The molecule has 0 atom stereocenters. The number of aryl methyl sites for hydroxylation is 2. The first kappa shape index (κ1) is 25.8. The van der Waals surface area contributed by atoms with Crippen LogP contribution in [-0.2, 0) is 12.8 Å². The third-order valence-electron chi connectivity index (χ3n) is 9.06. The lowest BCUT2D eigenvalue weighted by Gasteiger charge is -2.32. The number of benzene rings is 1. The molecule has 0 heterocycles. The van der Waals surface area contributed by atoms with Gasteiger partial charge in [0.15, 0.2) is 0 Å². The minimum atomic E-state index is 0.994. The molecule has 2 aliphatic rings. The van der Waals surface area contributed by atoms with Crippen LogP contribution in [0.1, 0.15) is 141 Å². The van der Waals surface area contributed by atoms with Crippen molar-refractivity contribution >= 4 is 0 Å². The lowest BCUT2D eigenvalue weighted by atomic mass is 9.74. The predicted molar refractivity (Wildman–Crippen MR) is 142 cm³/mol. The second-order valence-corrected chi connectivity index (χ2v) is 11.7. The Balaban J connectivity index is 1.23. The maximum atomic E-state index is 2.41. The zero-order valence-electron chi connectivity index (χ0n) is 21.8. The summed E-state index contributed by atoms with van der Waals surface area (Å²) < 4.78 is 0. The number of hydrogen-bond acceptors (Lipinski definition) is 0. The predicted octanol–water partition coefficient (Wildman–Crippen LogP) is 10.3. The van der Waals surface area contributed by atoms with E-state index in [9.17, 15) is 0 Å². The Morgan fingerprint density at radius 1 is 0.469 bits per heavy atom. The molecule has 0 N–H and O–H groups in total. The van der Waals surface area contributed by atoms with Gasteiger partial charge in [-0.3, -0.25) is 0 Å². The van der Waals surface area contributed by atoms with E-state index in [2.05, 4.69) is 38.1 Å². The van der Waals surface area contributed by atoms with E-state index in [1.54, 1.807) is 37.7 Å². The van der Waals surface area contributed by atoms with Gasteiger partial charge in [-0.1, -0.05) is 141 Å². The van der Waals surface area contributed by atoms with Crippen LogP contribution in [0.5, 0.6) is 0 Å². The maximum absolute atomic E-state index is 2.41. The fourth-order valence-corrected chi connectivity index (χ4v) is 6.59. The second-order valence-electron chi connectivity index (χ2n) is 11.7. The molecular formula is C32H54. The van der Waals surface area contributed by atoms with Crippen LogP contribution in [-0.4, -0.2) is 0 Å². The number of unbranched alkanes of at least 4 members (excludes halogenated alkanes) is 4. The third kappa shape index (κ3) is 9.61. The first-order valence-electron chi connectivity index (χ1n) is 14.8. The minimum absolute atomic E-state index is 0.994. The zero-order chi connectivity index (χ0) is 22.4. The van der Waals surface area contributed by atoms with E-state index < -0.39 is 0 Å². The minimum Gasteiger partial charge on any atom is -0.0654 e. The van der Waals surface area contributed by atoms with Crippen LogP contribution >= 0.6 is 0 Å². The first-order valence-corrected chi connectivity index (χ1v) is 14.8. The molecule has 1 aromatic rings. The van der Waals surface area contributed by atoms with Crippen molar-refractivity contribution in [3.05, 3.63) is 35.4 Å². The summed E-state index contributed by atoms with van der Waals surface area (Å²) in [6.45, 7) is 4.62. The summed E-state index contributed by atoms with van der Waals surface area (Å²) in [5.74, 6) is 4.19. The smallest absolute Gasteiger partial charge is 0.0276 e. The molecule has 3 rings (SSSR count). The summed E-state index contributed by atoms with van der Waals surface area (Å²) in [6, 6.07) is 9.60.